The van der Waals surface area contributed by atoms with Crippen molar-refractivity contribution in [2.45, 2.75) is 6.92 Å². The van der Waals surface area contributed by atoms with Crippen LogP contribution in [0.4, 0.5) is 10.8 Å². The molecule has 0 aliphatic carbocycles. The Hall–Kier alpha value is -2.73. The second-order valence-corrected chi connectivity index (χ2v) is 6.05. The maximum atomic E-state index is 5.45. The first kappa shape index (κ1) is 17.1. The van der Waals surface area contributed by atoms with Crippen LogP contribution in [0.15, 0.2) is 47.8 Å². The Morgan fingerprint density at radius 3 is 2.44 bits per heavy atom. The molecule has 1 aromatic heterocycles. The van der Waals surface area contributed by atoms with Crippen LogP contribution in [0.3, 0.4) is 0 Å². The summed E-state index contributed by atoms with van der Waals surface area (Å²) in [7, 11) is 3.25. The SMILES string of the molecule is CCOc1ccc(Nc2nc(-c3ccc(OC)c(OC)c3)cs2)cc1. The standard InChI is InChI=1S/C19H20N2O3S/c1-4-24-15-8-6-14(7-9-15)20-19-21-16(12-25-19)13-5-10-17(22-2)18(11-13)23-3/h5-12H,4H2,1-3H3,(H,20,21). The Morgan fingerprint density at radius 1 is 1.00 bits per heavy atom. The number of thiazole rings is 1. The minimum absolute atomic E-state index is 0.661. The normalized spacial score (nSPS) is 10.4. The van der Waals surface area contributed by atoms with E-state index < -0.39 is 0 Å². The molecule has 0 amide bonds. The summed E-state index contributed by atoms with van der Waals surface area (Å²) in [6.07, 6.45) is 0. The third-order valence-corrected chi connectivity index (χ3v) is 4.36. The third-order valence-electron chi connectivity index (χ3n) is 3.60. The summed E-state index contributed by atoms with van der Waals surface area (Å²) < 4.78 is 16.1. The van der Waals surface area contributed by atoms with Crippen molar-refractivity contribution in [3.63, 3.8) is 0 Å². The number of hydrogen-bond acceptors (Lipinski definition) is 6. The monoisotopic (exact) mass is 356 g/mol. The Labute approximate surface area is 151 Å². The zero-order chi connectivity index (χ0) is 17.6. The summed E-state index contributed by atoms with van der Waals surface area (Å²) in [5.74, 6) is 2.25. The van der Waals surface area contributed by atoms with E-state index >= 15 is 0 Å². The van der Waals surface area contributed by atoms with Gasteiger partial charge in [0.1, 0.15) is 5.75 Å². The van der Waals surface area contributed by atoms with Crippen LogP contribution in [0.5, 0.6) is 17.2 Å². The first-order valence-electron chi connectivity index (χ1n) is 7.91. The topological polar surface area (TPSA) is 52.6 Å². The molecule has 25 heavy (non-hydrogen) atoms. The molecule has 3 aromatic rings. The van der Waals surface area contributed by atoms with Gasteiger partial charge in [-0.15, -0.1) is 11.3 Å². The maximum absolute atomic E-state index is 5.45. The third kappa shape index (κ3) is 4.03. The zero-order valence-corrected chi connectivity index (χ0v) is 15.2. The zero-order valence-electron chi connectivity index (χ0n) is 14.4. The highest BCUT2D eigenvalue weighted by Gasteiger charge is 2.09. The van der Waals surface area contributed by atoms with E-state index in [9.17, 15) is 0 Å². The average Bonchev–Trinajstić information content (AvgIpc) is 3.11. The predicted molar refractivity (Wildman–Crippen MR) is 102 cm³/mol. The van der Waals surface area contributed by atoms with E-state index in [1.807, 2.05) is 54.8 Å². The fourth-order valence-electron chi connectivity index (χ4n) is 2.38. The van der Waals surface area contributed by atoms with Crippen LogP contribution in [-0.2, 0) is 0 Å². The van der Waals surface area contributed by atoms with Crippen LogP contribution in [0.25, 0.3) is 11.3 Å². The first-order chi connectivity index (χ1) is 12.2. The van der Waals surface area contributed by atoms with Gasteiger partial charge in [0, 0.05) is 16.6 Å². The van der Waals surface area contributed by atoms with Gasteiger partial charge >= 0.3 is 0 Å². The van der Waals surface area contributed by atoms with Gasteiger partial charge in [0.05, 0.1) is 26.5 Å². The molecule has 0 atom stereocenters. The molecule has 1 N–H and O–H groups in total. The van der Waals surface area contributed by atoms with Gasteiger partial charge in [-0.05, 0) is 49.4 Å². The molecule has 0 spiro atoms. The summed E-state index contributed by atoms with van der Waals surface area (Å²) in [4.78, 5) is 4.65. The predicted octanol–water partition coefficient (Wildman–Crippen LogP) is 4.97. The molecular weight excluding hydrogens is 336 g/mol. The molecule has 3 rings (SSSR count). The average molecular weight is 356 g/mol. The highest BCUT2D eigenvalue weighted by molar-refractivity contribution is 7.14. The lowest BCUT2D eigenvalue weighted by molar-refractivity contribution is 0.340. The molecule has 2 aromatic carbocycles. The fraction of sp³-hybridized carbons (Fsp3) is 0.211. The van der Waals surface area contributed by atoms with Crippen molar-refractivity contribution in [1.82, 2.24) is 4.98 Å². The molecule has 6 heteroatoms. The van der Waals surface area contributed by atoms with Crippen molar-refractivity contribution >= 4 is 22.2 Å². The van der Waals surface area contributed by atoms with Gasteiger partial charge in [-0.25, -0.2) is 4.98 Å². The molecule has 1 heterocycles. The summed E-state index contributed by atoms with van der Waals surface area (Å²) in [5.41, 5.74) is 2.84. The summed E-state index contributed by atoms with van der Waals surface area (Å²) in [6, 6.07) is 13.6. The number of benzene rings is 2. The Balaban J connectivity index is 1.76. The molecule has 0 aliphatic heterocycles. The number of methoxy groups -OCH3 is 2. The second kappa shape index (κ2) is 7.90. The molecule has 0 fully saturated rings. The van der Waals surface area contributed by atoms with Crippen molar-refractivity contribution in [2.75, 3.05) is 26.1 Å². The molecule has 0 bridgehead atoms. The van der Waals surface area contributed by atoms with Crippen molar-refractivity contribution in [3.05, 3.63) is 47.8 Å². The lowest BCUT2D eigenvalue weighted by Crippen LogP contribution is -1.93. The summed E-state index contributed by atoms with van der Waals surface area (Å²) >= 11 is 1.55. The van der Waals surface area contributed by atoms with Gasteiger partial charge in [0.15, 0.2) is 16.6 Å². The molecule has 0 saturated carbocycles. The van der Waals surface area contributed by atoms with E-state index in [4.69, 9.17) is 14.2 Å². The number of aromatic nitrogens is 1. The summed E-state index contributed by atoms with van der Waals surface area (Å²) in [5, 5.41) is 6.15. The molecule has 0 unspecified atom stereocenters. The minimum atomic E-state index is 0.661. The number of rotatable bonds is 7. The van der Waals surface area contributed by atoms with Gasteiger partial charge in [0.2, 0.25) is 0 Å². The Morgan fingerprint density at radius 2 is 1.76 bits per heavy atom. The lowest BCUT2D eigenvalue weighted by Gasteiger charge is -2.08. The van der Waals surface area contributed by atoms with Gasteiger partial charge < -0.3 is 19.5 Å². The van der Waals surface area contributed by atoms with E-state index in [0.29, 0.717) is 18.1 Å². The molecule has 0 aliphatic rings. The highest BCUT2D eigenvalue weighted by Crippen LogP contribution is 2.34. The number of ether oxygens (including phenoxy) is 3. The molecular formula is C19H20N2O3S. The van der Waals surface area contributed by atoms with E-state index in [0.717, 1.165) is 27.8 Å². The largest absolute Gasteiger partial charge is 0.494 e. The van der Waals surface area contributed by atoms with Crippen LogP contribution in [0.1, 0.15) is 6.92 Å². The minimum Gasteiger partial charge on any atom is -0.494 e. The van der Waals surface area contributed by atoms with E-state index in [-0.39, 0.29) is 0 Å². The van der Waals surface area contributed by atoms with Crippen molar-refractivity contribution in [1.29, 1.82) is 0 Å². The van der Waals surface area contributed by atoms with Crippen LogP contribution in [0, 0.1) is 0 Å². The molecule has 0 radical (unpaired) electrons. The van der Waals surface area contributed by atoms with Gasteiger partial charge in [-0.1, -0.05) is 0 Å². The van der Waals surface area contributed by atoms with Crippen LogP contribution < -0.4 is 19.5 Å². The van der Waals surface area contributed by atoms with Gasteiger partial charge in [-0.3, -0.25) is 0 Å². The second-order valence-electron chi connectivity index (χ2n) is 5.19. The maximum Gasteiger partial charge on any atom is 0.187 e. The van der Waals surface area contributed by atoms with Crippen LogP contribution in [-0.4, -0.2) is 25.8 Å². The summed E-state index contributed by atoms with van der Waals surface area (Å²) in [6.45, 7) is 2.63. The Bertz CT molecular complexity index is 831. The van der Waals surface area contributed by atoms with E-state index in [2.05, 4.69) is 10.3 Å². The van der Waals surface area contributed by atoms with Crippen molar-refractivity contribution in [2.24, 2.45) is 0 Å². The number of nitrogens with zero attached hydrogens (tertiary/aromatic N) is 1. The smallest absolute Gasteiger partial charge is 0.187 e. The molecule has 0 saturated heterocycles. The quantitative estimate of drug-likeness (QED) is 0.648. The van der Waals surface area contributed by atoms with E-state index in [1.165, 1.54) is 0 Å². The first-order valence-corrected chi connectivity index (χ1v) is 8.79. The van der Waals surface area contributed by atoms with E-state index in [1.54, 1.807) is 25.6 Å². The van der Waals surface area contributed by atoms with Crippen molar-refractivity contribution < 1.29 is 14.2 Å². The van der Waals surface area contributed by atoms with Crippen LogP contribution in [0.2, 0.25) is 0 Å². The lowest BCUT2D eigenvalue weighted by atomic mass is 10.1. The Kier molecular flexibility index (Phi) is 5.40. The molecule has 130 valence electrons. The fourth-order valence-corrected chi connectivity index (χ4v) is 3.12. The van der Waals surface area contributed by atoms with Gasteiger partial charge in [0.25, 0.3) is 0 Å². The van der Waals surface area contributed by atoms with Crippen LogP contribution >= 0.6 is 11.3 Å². The van der Waals surface area contributed by atoms with Gasteiger partial charge in [-0.2, -0.15) is 0 Å². The number of hydrogen-bond donors (Lipinski definition) is 1. The molecule has 5 nitrogen and oxygen atoms in total. The highest BCUT2D eigenvalue weighted by atomic mass is 32.1. The number of nitrogens with one attached hydrogen (secondary N) is 1. The number of anilines is 2. The van der Waals surface area contributed by atoms with Crippen molar-refractivity contribution in [3.8, 4) is 28.5 Å².